The van der Waals surface area contributed by atoms with Crippen LogP contribution >= 0.6 is 0 Å². The van der Waals surface area contributed by atoms with Crippen LogP contribution in [0.5, 0.6) is 0 Å². The molecule has 24 heavy (non-hydrogen) atoms. The van der Waals surface area contributed by atoms with E-state index in [-0.39, 0.29) is 5.78 Å². The van der Waals surface area contributed by atoms with E-state index in [9.17, 15) is 18.0 Å². The summed E-state index contributed by atoms with van der Waals surface area (Å²) in [6.45, 7) is 2.52. The van der Waals surface area contributed by atoms with Gasteiger partial charge in [0.15, 0.2) is 5.78 Å². The first-order valence-corrected chi connectivity index (χ1v) is 7.91. The van der Waals surface area contributed by atoms with Crippen molar-refractivity contribution in [1.82, 2.24) is 9.78 Å². The molecule has 0 atom stereocenters. The lowest BCUT2D eigenvalue weighted by Crippen LogP contribution is -2.32. The minimum absolute atomic E-state index is 0.108. The minimum atomic E-state index is -4.36. The van der Waals surface area contributed by atoms with E-state index < -0.39 is 18.1 Å². The Labute approximate surface area is 138 Å². The number of rotatable bonds is 3. The van der Waals surface area contributed by atoms with Crippen LogP contribution in [0.4, 0.5) is 13.2 Å². The number of fused-ring (bicyclic) bond motifs is 1. The number of hydrogen-bond donors (Lipinski definition) is 0. The van der Waals surface area contributed by atoms with Crippen molar-refractivity contribution in [2.75, 3.05) is 0 Å². The van der Waals surface area contributed by atoms with E-state index in [0.717, 1.165) is 10.2 Å². The summed E-state index contributed by atoms with van der Waals surface area (Å²) >= 11 is 0. The standard InChI is InChI=1S/C18H19F3N2O/c1-17(2)9-8-14-15(16(17)24)13(10-12-6-4-3-5-7-12)22-23(14)11-18(19,20)21/h3-7H,8-11H2,1-2H3. The van der Waals surface area contributed by atoms with E-state index in [0.29, 0.717) is 36.2 Å². The number of hydrogen-bond acceptors (Lipinski definition) is 2. The molecule has 1 aromatic carbocycles. The number of aromatic nitrogens is 2. The molecule has 0 aliphatic heterocycles. The second-order valence-corrected chi connectivity index (χ2v) is 6.92. The van der Waals surface area contributed by atoms with Crippen molar-refractivity contribution >= 4 is 5.78 Å². The quantitative estimate of drug-likeness (QED) is 0.842. The molecule has 0 saturated carbocycles. The molecular weight excluding hydrogens is 317 g/mol. The lowest BCUT2D eigenvalue weighted by atomic mass is 9.74. The third kappa shape index (κ3) is 3.23. The Balaban J connectivity index is 2.06. The monoisotopic (exact) mass is 336 g/mol. The molecule has 3 rings (SSSR count). The molecule has 0 radical (unpaired) electrons. The number of nitrogens with zero attached hydrogens (tertiary/aromatic N) is 2. The van der Waals surface area contributed by atoms with Crippen LogP contribution in [0.25, 0.3) is 0 Å². The zero-order valence-corrected chi connectivity index (χ0v) is 13.7. The molecule has 6 heteroatoms. The predicted octanol–water partition coefficient (Wildman–Crippen LogP) is 4.19. The zero-order valence-electron chi connectivity index (χ0n) is 13.7. The topological polar surface area (TPSA) is 34.9 Å². The molecule has 0 spiro atoms. The van der Waals surface area contributed by atoms with Crippen molar-refractivity contribution in [3.8, 4) is 0 Å². The van der Waals surface area contributed by atoms with E-state index in [1.54, 1.807) is 0 Å². The van der Waals surface area contributed by atoms with Gasteiger partial charge >= 0.3 is 6.18 Å². The van der Waals surface area contributed by atoms with Crippen LogP contribution in [0.3, 0.4) is 0 Å². The molecule has 0 fully saturated rings. The summed E-state index contributed by atoms with van der Waals surface area (Å²) in [4.78, 5) is 12.8. The van der Waals surface area contributed by atoms with Gasteiger partial charge in [0.05, 0.1) is 11.3 Å². The minimum Gasteiger partial charge on any atom is -0.293 e. The van der Waals surface area contributed by atoms with Crippen LogP contribution in [-0.2, 0) is 19.4 Å². The van der Waals surface area contributed by atoms with Crippen LogP contribution in [0.1, 0.15) is 47.6 Å². The summed E-state index contributed by atoms with van der Waals surface area (Å²) in [7, 11) is 0. The average molecular weight is 336 g/mol. The maximum absolute atomic E-state index is 12.9. The summed E-state index contributed by atoms with van der Waals surface area (Å²) in [5.74, 6) is -0.108. The molecule has 0 amide bonds. The normalized spacial score (nSPS) is 17.0. The Kier molecular flexibility index (Phi) is 4.01. The number of Topliss-reactive ketones (excluding diaryl/α,β-unsaturated/α-hetero) is 1. The highest BCUT2D eigenvalue weighted by atomic mass is 19.4. The van der Waals surface area contributed by atoms with E-state index in [2.05, 4.69) is 5.10 Å². The third-order valence-corrected chi connectivity index (χ3v) is 4.50. The Morgan fingerprint density at radius 1 is 1.21 bits per heavy atom. The van der Waals surface area contributed by atoms with Crippen LogP contribution in [-0.4, -0.2) is 21.7 Å². The average Bonchev–Trinajstić information content (AvgIpc) is 2.80. The first-order valence-electron chi connectivity index (χ1n) is 7.91. The number of carbonyl (C=O) groups excluding carboxylic acids is 1. The molecule has 1 aromatic heterocycles. The van der Waals surface area contributed by atoms with Crippen molar-refractivity contribution in [3.05, 3.63) is 52.8 Å². The molecule has 0 bridgehead atoms. The molecule has 0 unspecified atom stereocenters. The maximum atomic E-state index is 12.9. The van der Waals surface area contributed by atoms with Gasteiger partial charge in [0, 0.05) is 17.5 Å². The second-order valence-electron chi connectivity index (χ2n) is 6.92. The highest BCUT2D eigenvalue weighted by Gasteiger charge is 2.40. The summed E-state index contributed by atoms with van der Waals surface area (Å²) < 4.78 is 39.5. The van der Waals surface area contributed by atoms with Crippen LogP contribution < -0.4 is 0 Å². The fourth-order valence-corrected chi connectivity index (χ4v) is 3.16. The SMILES string of the molecule is CC1(C)CCc2c(c(Cc3ccccc3)nn2CC(F)(F)F)C1=O. The van der Waals surface area contributed by atoms with Gasteiger partial charge in [0.2, 0.25) is 0 Å². The van der Waals surface area contributed by atoms with Gasteiger partial charge in [0.1, 0.15) is 6.54 Å². The van der Waals surface area contributed by atoms with Gasteiger partial charge < -0.3 is 0 Å². The van der Waals surface area contributed by atoms with Gasteiger partial charge in [0.25, 0.3) is 0 Å². The van der Waals surface area contributed by atoms with Crippen LogP contribution in [0.2, 0.25) is 0 Å². The summed E-state index contributed by atoms with van der Waals surface area (Å²) in [5.41, 5.74) is 1.61. The Bertz CT molecular complexity index is 761. The summed E-state index contributed by atoms with van der Waals surface area (Å²) in [6.07, 6.45) is -3.03. The first-order chi connectivity index (χ1) is 11.2. The first kappa shape index (κ1) is 16.7. The summed E-state index contributed by atoms with van der Waals surface area (Å²) in [6, 6.07) is 9.36. The Morgan fingerprint density at radius 2 is 1.88 bits per heavy atom. The molecule has 1 heterocycles. The van der Waals surface area contributed by atoms with Gasteiger partial charge in [-0.1, -0.05) is 44.2 Å². The van der Waals surface area contributed by atoms with E-state index in [4.69, 9.17) is 0 Å². The molecule has 3 nitrogen and oxygen atoms in total. The lowest BCUT2D eigenvalue weighted by Gasteiger charge is -2.28. The van der Waals surface area contributed by atoms with Crippen LogP contribution in [0.15, 0.2) is 30.3 Å². The number of halogens is 3. The van der Waals surface area contributed by atoms with E-state index >= 15 is 0 Å². The van der Waals surface area contributed by atoms with Crippen molar-refractivity contribution in [2.45, 2.75) is 45.8 Å². The van der Waals surface area contributed by atoms with Gasteiger partial charge in [-0.05, 0) is 18.4 Å². The Morgan fingerprint density at radius 3 is 2.50 bits per heavy atom. The highest BCUT2D eigenvalue weighted by molar-refractivity contribution is 6.03. The molecule has 1 aliphatic carbocycles. The second kappa shape index (κ2) is 5.76. The van der Waals surface area contributed by atoms with Crippen LogP contribution in [0, 0.1) is 5.41 Å². The zero-order chi connectivity index (χ0) is 17.5. The largest absolute Gasteiger partial charge is 0.408 e. The summed E-state index contributed by atoms with van der Waals surface area (Å²) in [5, 5.41) is 4.16. The molecule has 0 saturated heterocycles. The molecular formula is C18H19F3N2O. The smallest absolute Gasteiger partial charge is 0.293 e. The number of benzene rings is 1. The fraction of sp³-hybridized carbons (Fsp3) is 0.444. The Hall–Kier alpha value is -2.11. The maximum Gasteiger partial charge on any atom is 0.408 e. The van der Waals surface area contributed by atoms with Crippen molar-refractivity contribution in [2.24, 2.45) is 5.41 Å². The number of alkyl halides is 3. The molecule has 0 N–H and O–H groups in total. The number of ketones is 1. The van der Waals surface area contributed by atoms with Gasteiger partial charge in [-0.25, -0.2) is 0 Å². The molecule has 1 aliphatic rings. The highest BCUT2D eigenvalue weighted by Crippen LogP contribution is 2.37. The predicted molar refractivity (Wildman–Crippen MR) is 84.0 cm³/mol. The third-order valence-electron chi connectivity index (χ3n) is 4.50. The van der Waals surface area contributed by atoms with Crippen molar-refractivity contribution in [1.29, 1.82) is 0 Å². The lowest BCUT2D eigenvalue weighted by molar-refractivity contribution is -0.143. The van der Waals surface area contributed by atoms with Gasteiger partial charge in [-0.15, -0.1) is 0 Å². The molecule has 128 valence electrons. The van der Waals surface area contributed by atoms with E-state index in [1.165, 1.54) is 0 Å². The fourth-order valence-electron chi connectivity index (χ4n) is 3.16. The van der Waals surface area contributed by atoms with E-state index in [1.807, 2.05) is 44.2 Å². The number of carbonyl (C=O) groups is 1. The molecule has 2 aromatic rings. The van der Waals surface area contributed by atoms with Gasteiger partial charge in [-0.3, -0.25) is 9.48 Å². The van der Waals surface area contributed by atoms with Gasteiger partial charge in [-0.2, -0.15) is 18.3 Å². The van der Waals surface area contributed by atoms with Crippen molar-refractivity contribution in [3.63, 3.8) is 0 Å². The van der Waals surface area contributed by atoms with Crippen molar-refractivity contribution < 1.29 is 18.0 Å².